The summed E-state index contributed by atoms with van der Waals surface area (Å²) in [4.78, 5) is 25.0. The van der Waals surface area contributed by atoms with Crippen molar-refractivity contribution < 1.29 is 9.59 Å². The largest absolute Gasteiger partial charge is 0.353 e. The summed E-state index contributed by atoms with van der Waals surface area (Å²) in [5.74, 6) is -0.509. The van der Waals surface area contributed by atoms with Crippen LogP contribution in [0.1, 0.15) is 62.7 Å². The third-order valence-electron chi connectivity index (χ3n) is 5.07. The van der Waals surface area contributed by atoms with Crippen molar-refractivity contribution in [2.75, 3.05) is 13.1 Å². The van der Waals surface area contributed by atoms with Crippen molar-refractivity contribution in [1.29, 1.82) is 0 Å². The van der Waals surface area contributed by atoms with Gasteiger partial charge in [0.15, 0.2) is 0 Å². The summed E-state index contributed by atoms with van der Waals surface area (Å²) in [6, 6.07) is 6.82. The Morgan fingerprint density at radius 2 is 1.74 bits per heavy atom. The summed E-state index contributed by atoms with van der Waals surface area (Å²) in [7, 11) is 0. The van der Waals surface area contributed by atoms with Gasteiger partial charge < -0.3 is 16.0 Å². The van der Waals surface area contributed by atoms with Crippen molar-refractivity contribution in [1.82, 2.24) is 16.0 Å². The molecular weight excluding hydrogens is 362 g/mol. The highest BCUT2D eigenvalue weighted by atomic mass is 35.5. The predicted molar refractivity (Wildman–Crippen MR) is 110 cm³/mol. The Balaban J connectivity index is 1.80. The molecule has 1 aliphatic carbocycles. The highest BCUT2D eigenvalue weighted by Crippen LogP contribution is 2.17. The Hall–Kier alpha value is -1.59. The summed E-state index contributed by atoms with van der Waals surface area (Å²) in [6.45, 7) is 5.14. The fraction of sp³-hybridized carbons (Fsp3) is 0.619. The molecule has 0 aromatic heterocycles. The minimum atomic E-state index is -0.591. The van der Waals surface area contributed by atoms with E-state index in [-0.39, 0.29) is 17.7 Å². The van der Waals surface area contributed by atoms with Crippen LogP contribution in [0, 0.1) is 5.92 Å². The molecule has 1 aliphatic rings. The minimum absolute atomic E-state index is 0.0220. The third kappa shape index (κ3) is 7.15. The van der Waals surface area contributed by atoms with Crippen LogP contribution in [0.4, 0.5) is 0 Å². The van der Waals surface area contributed by atoms with Gasteiger partial charge in [-0.1, -0.05) is 63.3 Å². The molecule has 1 aromatic rings. The van der Waals surface area contributed by atoms with Gasteiger partial charge in [0.1, 0.15) is 6.04 Å². The molecule has 1 atom stereocenters. The normalized spacial score (nSPS) is 16.6. The van der Waals surface area contributed by atoms with Crippen LogP contribution in [-0.4, -0.2) is 37.0 Å². The lowest BCUT2D eigenvalue weighted by Gasteiger charge is -2.22. The molecule has 3 N–H and O–H groups in total. The second kappa shape index (κ2) is 11.3. The minimum Gasteiger partial charge on any atom is -0.353 e. The lowest BCUT2D eigenvalue weighted by Crippen LogP contribution is -2.51. The number of rotatable bonds is 8. The highest BCUT2D eigenvalue weighted by Gasteiger charge is 2.25. The summed E-state index contributed by atoms with van der Waals surface area (Å²) in [5, 5.41) is 9.68. The third-order valence-corrected chi connectivity index (χ3v) is 5.40. The smallest absolute Gasteiger partial charge is 0.253 e. The number of halogens is 1. The van der Waals surface area contributed by atoms with E-state index < -0.39 is 6.04 Å². The number of benzene rings is 1. The molecule has 27 heavy (non-hydrogen) atoms. The molecule has 0 aliphatic heterocycles. The SMILES string of the molecule is CC(C)C(NC(=O)c1ccccc1Cl)C(=O)NCCNC1CCCCCC1. The topological polar surface area (TPSA) is 70.2 Å². The monoisotopic (exact) mass is 393 g/mol. The van der Waals surface area contributed by atoms with Gasteiger partial charge in [0.25, 0.3) is 5.91 Å². The van der Waals surface area contributed by atoms with Crippen LogP contribution < -0.4 is 16.0 Å². The maximum atomic E-state index is 12.6. The van der Waals surface area contributed by atoms with Crippen molar-refractivity contribution in [2.24, 2.45) is 5.92 Å². The molecule has 0 spiro atoms. The Labute approximate surface area is 167 Å². The Bertz CT molecular complexity index is 613. The van der Waals surface area contributed by atoms with E-state index in [1.807, 2.05) is 13.8 Å². The molecule has 1 aromatic carbocycles. The van der Waals surface area contributed by atoms with Crippen molar-refractivity contribution in [3.63, 3.8) is 0 Å². The van der Waals surface area contributed by atoms with E-state index >= 15 is 0 Å². The highest BCUT2D eigenvalue weighted by molar-refractivity contribution is 6.33. The number of carbonyl (C=O) groups excluding carboxylic acids is 2. The Morgan fingerprint density at radius 3 is 2.37 bits per heavy atom. The predicted octanol–water partition coefficient (Wildman–Crippen LogP) is 3.52. The number of carbonyl (C=O) groups is 2. The second-order valence-electron chi connectivity index (χ2n) is 7.61. The van der Waals surface area contributed by atoms with Crippen molar-refractivity contribution in [2.45, 2.75) is 64.5 Å². The van der Waals surface area contributed by atoms with Crippen LogP contribution in [0.5, 0.6) is 0 Å². The number of hydrogen-bond acceptors (Lipinski definition) is 3. The van der Waals surface area contributed by atoms with Crippen molar-refractivity contribution >= 4 is 23.4 Å². The summed E-state index contributed by atoms with van der Waals surface area (Å²) >= 11 is 6.08. The van der Waals surface area contributed by atoms with Crippen LogP contribution in [-0.2, 0) is 4.79 Å². The fourth-order valence-corrected chi connectivity index (χ4v) is 3.68. The van der Waals surface area contributed by atoms with Crippen LogP contribution in [0.25, 0.3) is 0 Å². The summed E-state index contributed by atoms with van der Waals surface area (Å²) < 4.78 is 0. The van der Waals surface area contributed by atoms with E-state index in [0.717, 1.165) is 6.54 Å². The van der Waals surface area contributed by atoms with Gasteiger partial charge in [0, 0.05) is 19.1 Å². The van der Waals surface area contributed by atoms with Gasteiger partial charge in [-0.2, -0.15) is 0 Å². The maximum absolute atomic E-state index is 12.6. The first-order chi connectivity index (χ1) is 13.0. The van der Waals surface area contributed by atoms with Gasteiger partial charge in [-0.15, -0.1) is 0 Å². The molecule has 5 nitrogen and oxygen atoms in total. The Morgan fingerprint density at radius 1 is 1.07 bits per heavy atom. The second-order valence-corrected chi connectivity index (χ2v) is 8.02. The molecule has 1 fully saturated rings. The molecule has 2 rings (SSSR count). The molecule has 6 heteroatoms. The van der Waals surface area contributed by atoms with E-state index in [4.69, 9.17) is 11.6 Å². The number of hydrogen-bond donors (Lipinski definition) is 3. The molecule has 1 unspecified atom stereocenters. The zero-order valence-electron chi connectivity index (χ0n) is 16.4. The van der Waals surface area contributed by atoms with Crippen molar-refractivity contribution in [3.8, 4) is 0 Å². The van der Waals surface area contributed by atoms with Crippen LogP contribution in [0.3, 0.4) is 0 Å². The summed E-state index contributed by atoms with van der Waals surface area (Å²) in [6.07, 6.45) is 7.67. The van der Waals surface area contributed by atoms with Gasteiger partial charge >= 0.3 is 0 Å². The maximum Gasteiger partial charge on any atom is 0.253 e. The molecular formula is C21H32ClN3O2. The van der Waals surface area contributed by atoms with Gasteiger partial charge in [-0.05, 0) is 30.9 Å². The van der Waals surface area contributed by atoms with Gasteiger partial charge in [0.05, 0.1) is 10.6 Å². The molecule has 0 heterocycles. The van der Waals surface area contributed by atoms with Gasteiger partial charge in [-0.25, -0.2) is 0 Å². The van der Waals surface area contributed by atoms with Gasteiger partial charge in [0.2, 0.25) is 5.91 Å². The first-order valence-electron chi connectivity index (χ1n) is 10.1. The van der Waals surface area contributed by atoms with Crippen LogP contribution in [0.2, 0.25) is 5.02 Å². The molecule has 1 saturated carbocycles. The Kier molecular flexibility index (Phi) is 9.08. The van der Waals surface area contributed by atoms with E-state index in [1.54, 1.807) is 24.3 Å². The molecule has 0 saturated heterocycles. The van der Waals surface area contributed by atoms with E-state index in [9.17, 15) is 9.59 Å². The first kappa shape index (κ1) is 21.7. The van der Waals surface area contributed by atoms with E-state index in [1.165, 1.54) is 38.5 Å². The average Bonchev–Trinajstić information content (AvgIpc) is 2.92. The zero-order valence-corrected chi connectivity index (χ0v) is 17.1. The van der Waals surface area contributed by atoms with Crippen LogP contribution in [0.15, 0.2) is 24.3 Å². The standard InChI is InChI=1S/C21H32ClN3O2/c1-15(2)19(25-20(26)17-11-7-8-12-18(17)22)21(27)24-14-13-23-16-9-5-3-4-6-10-16/h7-8,11-12,15-16,19,23H,3-6,9-10,13-14H2,1-2H3,(H,24,27)(H,25,26). The first-order valence-corrected chi connectivity index (χ1v) is 10.4. The lowest BCUT2D eigenvalue weighted by molar-refractivity contribution is -0.123. The number of nitrogens with one attached hydrogen (secondary N) is 3. The fourth-order valence-electron chi connectivity index (χ4n) is 3.45. The van der Waals surface area contributed by atoms with E-state index in [2.05, 4.69) is 16.0 Å². The quantitative estimate of drug-likeness (QED) is 0.467. The van der Waals surface area contributed by atoms with E-state index in [0.29, 0.717) is 23.2 Å². The number of amides is 2. The average molecular weight is 394 g/mol. The van der Waals surface area contributed by atoms with Gasteiger partial charge in [-0.3, -0.25) is 9.59 Å². The lowest BCUT2D eigenvalue weighted by atomic mass is 10.0. The summed E-state index contributed by atoms with van der Waals surface area (Å²) in [5.41, 5.74) is 0.382. The molecule has 0 radical (unpaired) electrons. The zero-order chi connectivity index (χ0) is 19.6. The molecule has 2 amide bonds. The molecule has 0 bridgehead atoms. The molecule has 150 valence electrons. The van der Waals surface area contributed by atoms with Crippen molar-refractivity contribution in [3.05, 3.63) is 34.9 Å². The van der Waals surface area contributed by atoms with Crippen LogP contribution >= 0.6 is 11.6 Å².